The highest BCUT2D eigenvalue weighted by molar-refractivity contribution is 5.08. The van der Waals surface area contributed by atoms with Gasteiger partial charge >= 0.3 is 0 Å². The van der Waals surface area contributed by atoms with Crippen molar-refractivity contribution in [2.45, 2.75) is 129 Å². The number of unbranched alkanes of at least 4 members (excludes halogenated alkanes) is 14. The number of nitrogens with zero attached hydrogens (tertiary/aromatic N) is 2. The van der Waals surface area contributed by atoms with Crippen molar-refractivity contribution in [3.05, 3.63) is 23.8 Å². The molecule has 0 saturated heterocycles. The molecule has 26 heavy (non-hydrogen) atoms. The second kappa shape index (κ2) is 17.5. The van der Waals surface area contributed by atoms with Gasteiger partial charge in [-0.1, -0.05) is 104 Å². The van der Waals surface area contributed by atoms with Crippen LogP contribution in [0.5, 0.6) is 0 Å². The van der Waals surface area contributed by atoms with Crippen LogP contribution in [0.1, 0.15) is 128 Å². The lowest BCUT2D eigenvalue weighted by atomic mass is 10.0. The van der Waals surface area contributed by atoms with Crippen LogP contribution in [-0.4, -0.2) is 9.97 Å². The predicted octanol–water partition coefficient (Wildman–Crippen LogP) is 7.64. The van der Waals surface area contributed by atoms with E-state index in [4.69, 9.17) is 0 Å². The average molecular weight is 360 g/mol. The van der Waals surface area contributed by atoms with E-state index >= 15 is 0 Å². The highest BCUT2D eigenvalue weighted by atomic mass is 14.8. The van der Waals surface area contributed by atoms with Gasteiger partial charge in [0.25, 0.3) is 0 Å². The molecular formula is C24H43N2. The van der Waals surface area contributed by atoms with Crippen LogP contribution in [0.25, 0.3) is 0 Å². The third-order valence-electron chi connectivity index (χ3n) is 5.29. The maximum absolute atomic E-state index is 4.35. The maximum Gasteiger partial charge on any atom is 0.198 e. The first kappa shape index (κ1) is 23.1. The summed E-state index contributed by atoms with van der Waals surface area (Å²) in [7, 11) is 0. The summed E-state index contributed by atoms with van der Waals surface area (Å²) >= 11 is 0. The Kier molecular flexibility index (Phi) is 15.6. The van der Waals surface area contributed by atoms with Crippen molar-refractivity contribution in [1.82, 2.24) is 9.97 Å². The first-order chi connectivity index (χ1) is 12.9. The molecule has 149 valence electrons. The van der Waals surface area contributed by atoms with E-state index in [0.717, 1.165) is 12.8 Å². The van der Waals surface area contributed by atoms with Gasteiger partial charge in [-0.05, 0) is 31.7 Å². The Bertz CT molecular complexity index is 381. The third kappa shape index (κ3) is 13.3. The Balaban J connectivity index is 2.03. The number of hydrogen-bond acceptors (Lipinski definition) is 2. The molecule has 0 aliphatic carbocycles. The van der Waals surface area contributed by atoms with Crippen LogP contribution in [0.3, 0.4) is 0 Å². The summed E-state index contributed by atoms with van der Waals surface area (Å²) in [5.74, 6) is 0. The van der Waals surface area contributed by atoms with E-state index in [2.05, 4.69) is 36.2 Å². The molecule has 0 N–H and O–H groups in total. The molecule has 0 atom stereocenters. The summed E-state index contributed by atoms with van der Waals surface area (Å²) in [5.41, 5.74) is 2.39. The van der Waals surface area contributed by atoms with Gasteiger partial charge in [0.15, 0.2) is 6.33 Å². The molecule has 0 spiro atoms. The maximum atomic E-state index is 4.35. The fourth-order valence-corrected chi connectivity index (χ4v) is 3.55. The molecule has 0 fully saturated rings. The van der Waals surface area contributed by atoms with Crippen molar-refractivity contribution < 1.29 is 0 Å². The lowest BCUT2D eigenvalue weighted by Gasteiger charge is -2.05. The van der Waals surface area contributed by atoms with Crippen LogP contribution < -0.4 is 0 Å². The molecule has 1 heterocycles. The van der Waals surface area contributed by atoms with E-state index in [1.54, 1.807) is 0 Å². The van der Waals surface area contributed by atoms with Gasteiger partial charge in [-0.2, -0.15) is 0 Å². The molecule has 1 rings (SSSR count). The number of aromatic nitrogens is 2. The largest absolute Gasteiger partial charge is 0.230 e. The molecule has 1 aromatic heterocycles. The van der Waals surface area contributed by atoms with Gasteiger partial charge < -0.3 is 0 Å². The fourth-order valence-electron chi connectivity index (χ4n) is 3.55. The zero-order valence-corrected chi connectivity index (χ0v) is 17.7. The molecule has 2 heteroatoms. The summed E-state index contributed by atoms with van der Waals surface area (Å²) in [6.45, 7) is 4.56. The Morgan fingerprint density at radius 1 is 0.538 bits per heavy atom. The lowest BCUT2D eigenvalue weighted by molar-refractivity contribution is 0.571. The quantitative estimate of drug-likeness (QED) is 0.252. The van der Waals surface area contributed by atoms with Gasteiger partial charge in [-0.25, -0.2) is 9.97 Å². The second-order valence-electron chi connectivity index (χ2n) is 7.90. The Morgan fingerprint density at radius 2 is 0.885 bits per heavy atom. The van der Waals surface area contributed by atoms with Crippen molar-refractivity contribution in [2.24, 2.45) is 0 Å². The smallest absolute Gasteiger partial charge is 0.198 e. The lowest BCUT2D eigenvalue weighted by Crippen LogP contribution is -1.97. The molecular weight excluding hydrogens is 316 g/mol. The Hall–Kier alpha value is -0.920. The molecule has 0 aromatic carbocycles. The topological polar surface area (TPSA) is 25.8 Å². The van der Waals surface area contributed by atoms with Crippen LogP contribution in [0.15, 0.2) is 6.07 Å². The van der Waals surface area contributed by atoms with Crippen molar-refractivity contribution in [3.8, 4) is 0 Å². The number of aryl methyl sites for hydroxylation is 2. The van der Waals surface area contributed by atoms with Gasteiger partial charge in [0.1, 0.15) is 0 Å². The van der Waals surface area contributed by atoms with E-state index < -0.39 is 0 Å². The highest BCUT2D eigenvalue weighted by Gasteiger charge is 2.01. The minimum atomic E-state index is 1.10. The minimum Gasteiger partial charge on any atom is -0.230 e. The average Bonchev–Trinajstić information content (AvgIpc) is 2.66. The summed E-state index contributed by atoms with van der Waals surface area (Å²) < 4.78 is 0. The molecule has 1 aromatic rings. The van der Waals surface area contributed by atoms with Gasteiger partial charge in [0.2, 0.25) is 0 Å². The predicted molar refractivity (Wildman–Crippen MR) is 113 cm³/mol. The van der Waals surface area contributed by atoms with Crippen LogP contribution in [0.2, 0.25) is 0 Å². The SMILES string of the molecule is CCCCCCCCCCc1cc(CCCCCCCCCC)n[c]n1. The monoisotopic (exact) mass is 359 g/mol. The van der Waals surface area contributed by atoms with Crippen molar-refractivity contribution in [1.29, 1.82) is 0 Å². The second-order valence-corrected chi connectivity index (χ2v) is 7.90. The molecule has 0 bridgehead atoms. The third-order valence-corrected chi connectivity index (χ3v) is 5.29. The van der Waals surface area contributed by atoms with E-state index in [0.29, 0.717) is 0 Å². The fraction of sp³-hybridized carbons (Fsp3) is 0.833. The van der Waals surface area contributed by atoms with Gasteiger partial charge in [-0.3, -0.25) is 0 Å². The van der Waals surface area contributed by atoms with E-state index in [1.165, 1.54) is 114 Å². The summed E-state index contributed by atoms with van der Waals surface area (Å²) in [4.78, 5) is 8.70. The zero-order valence-electron chi connectivity index (χ0n) is 17.7. The van der Waals surface area contributed by atoms with Gasteiger partial charge in [0, 0.05) is 11.4 Å². The van der Waals surface area contributed by atoms with Crippen molar-refractivity contribution in [2.75, 3.05) is 0 Å². The normalized spacial score (nSPS) is 11.2. The van der Waals surface area contributed by atoms with Gasteiger partial charge in [-0.15, -0.1) is 0 Å². The van der Waals surface area contributed by atoms with Crippen molar-refractivity contribution in [3.63, 3.8) is 0 Å². The molecule has 0 amide bonds. The van der Waals surface area contributed by atoms with Crippen LogP contribution in [0, 0.1) is 6.33 Å². The summed E-state index contributed by atoms with van der Waals surface area (Å²) in [5, 5.41) is 0. The minimum absolute atomic E-state index is 1.10. The van der Waals surface area contributed by atoms with E-state index in [1.807, 2.05) is 0 Å². The van der Waals surface area contributed by atoms with Crippen LogP contribution in [-0.2, 0) is 12.8 Å². The zero-order chi connectivity index (χ0) is 18.7. The molecule has 2 nitrogen and oxygen atoms in total. The number of rotatable bonds is 18. The molecule has 0 aliphatic heterocycles. The van der Waals surface area contributed by atoms with Crippen LogP contribution in [0.4, 0.5) is 0 Å². The standard InChI is InChI=1S/C24H43N2/c1-3-5-7-9-11-13-15-17-19-23-21-24(26-22-25-23)20-18-16-14-12-10-8-6-4-2/h21H,3-20H2,1-2H3. The molecule has 0 saturated carbocycles. The first-order valence-corrected chi connectivity index (χ1v) is 11.6. The Morgan fingerprint density at radius 3 is 1.27 bits per heavy atom. The first-order valence-electron chi connectivity index (χ1n) is 11.6. The summed E-state index contributed by atoms with van der Waals surface area (Å²) in [6, 6.07) is 2.22. The van der Waals surface area contributed by atoms with Crippen LogP contribution >= 0.6 is 0 Å². The van der Waals surface area contributed by atoms with Gasteiger partial charge in [0.05, 0.1) is 0 Å². The van der Waals surface area contributed by atoms with Crippen molar-refractivity contribution >= 4 is 0 Å². The Labute approximate surface area is 163 Å². The molecule has 1 radical (unpaired) electrons. The molecule has 0 aliphatic rings. The highest BCUT2D eigenvalue weighted by Crippen LogP contribution is 2.13. The van der Waals surface area contributed by atoms with E-state index in [9.17, 15) is 0 Å². The number of hydrogen-bond donors (Lipinski definition) is 0. The van der Waals surface area contributed by atoms with E-state index in [-0.39, 0.29) is 0 Å². The molecule has 0 unspecified atom stereocenters. The summed E-state index contributed by atoms with van der Waals surface area (Å²) in [6.07, 6.45) is 27.0.